The van der Waals surface area contributed by atoms with Gasteiger partial charge in [0.25, 0.3) is 11.5 Å². The molecule has 0 aromatic carbocycles. The summed E-state index contributed by atoms with van der Waals surface area (Å²) in [5.74, 6) is 0.293. The van der Waals surface area contributed by atoms with Crippen molar-refractivity contribution in [3.63, 3.8) is 0 Å². The Morgan fingerprint density at radius 2 is 2.00 bits per heavy atom. The second kappa shape index (κ2) is 6.30. The van der Waals surface area contributed by atoms with Crippen LogP contribution < -0.4 is 5.56 Å². The molecule has 7 heteroatoms. The first-order valence-electron chi connectivity index (χ1n) is 8.73. The Morgan fingerprint density at radius 1 is 1.21 bits per heavy atom. The van der Waals surface area contributed by atoms with Crippen LogP contribution in [0.15, 0.2) is 17.3 Å². The number of H-pyrrole nitrogens is 1. The summed E-state index contributed by atoms with van der Waals surface area (Å²) in [6.07, 6.45) is 11.0. The normalized spacial score (nSPS) is 18.7. The Labute approximate surface area is 139 Å². The Hall–Kier alpha value is -2.31. The predicted molar refractivity (Wildman–Crippen MR) is 88.6 cm³/mol. The average Bonchev–Trinajstić information content (AvgIpc) is 3.44. The zero-order valence-electron chi connectivity index (χ0n) is 13.6. The lowest BCUT2D eigenvalue weighted by Gasteiger charge is -2.29. The van der Waals surface area contributed by atoms with Gasteiger partial charge in [0.1, 0.15) is 11.8 Å². The van der Waals surface area contributed by atoms with E-state index in [1.807, 2.05) is 4.90 Å². The van der Waals surface area contributed by atoms with Crippen LogP contribution >= 0.6 is 0 Å². The number of hydrogen-bond donors (Lipinski definition) is 1. The van der Waals surface area contributed by atoms with Crippen molar-refractivity contribution >= 4 is 17.1 Å². The molecule has 2 aromatic heterocycles. The molecular formula is C17H21N5O2. The molecule has 24 heavy (non-hydrogen) atoms. The van der Waals surface area contributed by atoms with E-state index < -0.39 is 5.56 Å². The number of aromatic amines is 1. The van der Waals surface area contributed by atoms with Crippen LogP contribution in [0.2, 0.25) is 0 Å². The molecule has 2 aromatic rings. The molecule has 2 saturated carbocycles. The van der Waals surface area contributed by atoms with Gasteiger partial charge in [-0.1, -0.05) is 19.3 Å². The quantitative estimate of drug-likeness (QED) is 0.926. The molecule has 0 radical (unpaired) electrons. The Bertz CT molecular complexity index is 808. The summed E-state index contributed by atoms with van der Waals surface area (Å²) in [5.41, 5.74) is 0.283. The molecule has 0 bridgehead atoms. The Morgan fingerprint density at radius 3 is 2.75 bits per heavy atom. The van der Waals surface area contributed by atoms with Crippen LogP contribution in [0.5, 0.6) is 0 Å². The van der Waals surface area contributed by atoms with Gasteiger partial charge in [0.05, 0.1) is 6.20 Å². The highest BCUT2D eigenvalue weighted by atomic mass is 16.2. The van der Waals surface area contributed by atoms with Crippen LogP contribution in [0.4, 0.5) is 0 Å². The van der Waals surface area contributed by atoms with Gasteiger partial charge < -0.3 is 9.88 Å². The van der Waals surface area contributed by atoms with Gasteiger partial charge in [0.2, 0.25) is 0 Å². The summed E-state index contributed by atoms with van der Waals surface area (Å²) >= 11 is 0. The van der Waals surface area contributed by atoms with Crippen molar-refractivity contribution < 1.29 is 4.79 Å². The van der Waals surface area contributed by atoms with E-state index in [-0.39, 0.29) is 17.6 Å². The van der Waals surface area contributed by atoms with Gasteiger partial charge in [0, 0.05) is 12.6 Å². The van der Waals surface area contributed by atoms with E-state index in [0.29, 0.717) is 17.1 Å². The van der Waals surface area contributed by atoms with E-state index >= 15 is 0 Å². The van der Waals surface area contributed by atoms with Crippen molar-refractivity contribution in [3.8, 4) is 0 Å². The molecule has 1 N–H and O–H groups in total. The molecule has 0 unspecified atom stereocenters. The number of fused-ring (bicyclic) bond motifs is 1. The summed E-state index contributed by atoms with van der Waals surface area (Å²) < 4.78 is 0. The highest BCUT2D eigenvalue weighted by Gasteiger charge is 2.36. The van der Waals surface area contributed by atoms with Crippen LogP contribution in [-0.2, 0) is 0 Å². The second-order valence-corrected chi connectivity index (χ2v) is 6.86. The van der Waals surface area contributed by atoms with Gasteiger partial charge >= 0.3 is 0 Å². The van der Waals surface area contributed by atoms with E-state index in [2.05, 4.69) is 19.9 Å². The highest BCUT2D eigenvalue weighted by Crippen LogP contribution is 2.32. The van der Waals surface area contributed by atoms with Crippen molar-refractivity contribution in [3.05, 3.63) is 28.6 Å². The maximum atomic E-state index is 13.0. The first-order valence-corrected chi connectivity index (χ1v) is 8.73. The number of nitrogens with one attached hydrogen (secondary N) is 1. The molecule has 0 saturated heterocycles. The summed E-state index contributed by atoms with van der Waals surface area (Å²) in [6, 6.07) is 0.267. The van der Waals surface area contributed by atoms with Crippen molar-refractivity contribution in [2.75, 3.05) is 6.54 Å². The topological polar surface area (TPSA) is 91.8 Å². The first kappa shape index (κ1) is 15.2. The standard InChI is InChI=1S/C17H21N5O2/c23-16-14(20-13-8-18-10-19-15(13)21-16)17(24)22(12-6-7-12)9-11-4-2-1-3-5-11/h8,10-12H,1-7,9H2,(H,18,19,21,23). The average molecular weight is 327 g/mol. The van der Waals surface area contributed by atoms with Gasteiger partial charge in [-0.2, -0.15) is 0 Å². The fourth-order valence-electron chi connectivity index (χ4n) is 3.55. The van der Waals surface area contributed by atoms with E-state index in [1.165, 1.54) is 44.6 Å². The zero-order valence-corrected chi connectivity index (χ0v) is 13.6. The minimum absolute atomic E-state index is 0.0417. The lowest BCUT2D eigenvalue weighted by Crippen LogP contribution is -2.40. The number of carbonyl (C=O) groups excluding carboxylic acids is 1. The maximum Gasteiger partial charge on any atom is 0.281 e. The summed E-state index contributed by atoms with van der Waals surface area (Å²) in [5, 5.41) is 0. The van der Waals surface area contributed by atoms with Gasteiger partial charge in [-0.15, -0.1) is 0 Å². The Balaban J connectivity index is 1.62. The number of amides is 1. The first-order chi connectivity index (χ1) is 11.7. The van der Waals surface area contributed by atoms with Crippen LogP contribution in [0.1, 0.15) is 55.4 Å². The van der Waals surface area contributed by atoms with Crippen molar-refractivity contribution in [2.45, 2.75) is 51.0 Å². The van der Waals surface area contributed by atoms with Crippen LogP contribution in [0, 0.1) is 5.92 Å². The molecule has 2 fully saturated rings. The van der Waals surface area contributed by atoms with E-state index in [9.17, 15) is 9.59 Å². The third-order valence-corrected chi connectivity index (χ3v) is 5.00. The van der Waals surface area contributed by atoms with Crippen molar-refractivity contribution in [2.24, 2.45) is 5.92 Å². The van der Waals surface area contributed by atoms with Crippen LogP contribution in [0.25, 0.3) is 11.2 Å². The molecule has 126 valence electrons. The van der Waals surface area contributed by atoms with Crippen molar-refractivity contribution in [1.82, 2.24) is 24.8 Å². The van der Waals surface area contributed by atoms with Gasteiger partial charge in [-0.05, 0) is 31.6 Å². The van der Waals surface area contributed by atoms with E-state index in [4.69, 9.17) is 0 Å². The lowest BCUT2D eigenvalue weighted by atomic mass is 9.89. The fraction of sp³-hybridized carbons (Fsp3) is 0.588. The van der Waals surface area contributed by atoms with E-state index in [0.717, 1.165) is 19.4 Å². The number of aromatic nitrogens is 4. The monoisotopic (exact) mass is 327 g/mol. The minimum Gasteiger partial charge on any atom is -0.334 e. The number of nitrogens with zero attached hydrogens (tertiary/aromatic N) is 4. The predicted octanol–water partition coefficient (Wildman–Crippen LogP) is 1.90. The molecule has 2 aliphatic rings. The molecular weight excluding hydrogens is 306 g/mol. The summed E-state index contributed by atoms with van der Waals surface area (Å²) in [4.78, 5) is 41.9. The van der Waals surface area contributed by atoms with Crippen molar-refractivity contribution in [1.29, 1.82) is 0 Å². The Kier molecular flexibility index (Phi) is 4.00. The van der Waals surface area contributed by atoms with Gasteiger partial charge in [-0.3, -0.25) is 9.59 Å². The zero-order chi connectivity index (χ0) is 16.5. The van der Waals surface area contributed by atoms with Crippen LogP contribution in [-0.4, -0.2) is 43.3 Å². The molecule has 2 heterocycles. The highest BCUT2D eigenvalue weighted by molar-refractivity contribution is 5.93. The van der Waals surface area contributed by atoms with Crippen LogP contribution in [0.3, 0.4) is 0 Å². The van der Waals surface area contributed by atoms with E-state index in [1.54, 1.807) is 0 Å². The SMILES string of the molecule is O=C(c1nc2cncnc2[nH]c1=O)N(CC1CCCCC1)C1CC1. The molecule has 1 amide bonds. The second-order valence-electron chi connectivity index (χ2n) is 6.86. The molecule has 2 aliphatic carbocycles. The third-order valence-electron chi connectivity index (χ3n) is 5.00. The molecule has 7 nitrogen and oxygen atoms in total. The summed E-state index contributed by atoms with van der Waals surface area (Å²) in [7, 11) is 0. The smallest absolute Gasteiger partial charge is 0.281 e. The van der Waals surface area contributed by atoms with Gasteiger partial charge in [-0.25, -0.2) is 15.0 Å². The minimum atomic E-state index is -0.472. The molecule has 0 atom stereocenters. The largest absolute Gasteiger partial charge is 0.334 e. The summed E-state index contributed by atoms with van der Waals surface area (Å²) in [6.45, 7) is 0.744. The third kappa shape index (κ3) is 3.02. The fourth-order valence-corrected chi connectivity index (χ4v) is 3.55. The maximum absolute atomic E-state index is 13.0. The number of carbonyl (C=O) groups is 1. The molecule has 0 aliphatic heterocycles. The lowest BCUT2D eigenvalue weighted by molar-refractivity contribution is 0.0691. The number of rotatable bonds is 4. The number of hydrogen-bond acceptors (Lipinski definition) is 5. The molecule has 4 rings (SSSR count). The van der Waals surface area contributed by atoms with Gasteiger partial charge in [0.15, 0.2) is 11.3 Å². The molecule has 0 spiro atoms.